The van der Waals surface area contributed by atoms with Gasteiger partial charge in [-0.1, -0.05) is 0 Å². The lowest BCUT2D eigenvalue weighted by atomic mass is 10.2. The quantitative estimate of drug-likeness (QED) is 0.479. The molecule has 0 unspecified atom stereocenters. The highest BCUT2D eigenvalue weighted by Gasteiger charge is 2.48. The molecule has 2 nitrogen and oxygen atoms in total. The Balaban J connectivity index is 2.03. The first-order chi connectivity index (χ1) is 6.71. The van der Waals surface area contributed by atoms with E-state index < -0.39 is 0 Å². The van der Waals surface area contributed by atoms with E-state index in [9.17, 15) is 4.79 Å². The molecule has 14 heavy (non-hydrogen) atoms. The van der Waals surface area contributed by atoms with Crippen LogP contribution in [0, 0.1) is 11.8 Å². The summed E-state index contributed by atoms with van der Waals surface area (Å²) in [6.07, 6.45) is 4.83. The zero-order chi connectivity index (χ0) is 10.4. The van der Waals surface area contributed by atoms with Gasteiger partial charge in [0.1, 0.15) is 5.60 Å². The molecule has 0 aliphatic heterocycles. The molecule has 0 heterocycles. The van der Waals surface area contributed by atoms with Gasteiger partial charge in [0.15, 0.2) is 5.78 Å². The van der Waals surface area contributed by atoms with Crippen LogP contribution in [0.1, 0.15) is 46.0 Å². The molecule has 0 radical (unpaired) electrons. The van der Waals surface area contributed by atoms with Crippen molar-refractivity contribution in [3.8, 4) is 11.8 Å². The van der Waals surface area contributed by atoms with Gasteiger partial charge >= 0.3 is 0 Å². The van der Waals surface area contributed by atoms with E-state index in [1.807, 2.05) is 6.92 Å². The fourth-order valence-corrected chi connectivity index (χ4v) is 1.42. The Morgan fingerprint density at radius 1 is 1.43 bits per heavy atom. The van der Waals surface area contributed by atoms with Gasteiger partial charge in [-0.15, -0.1) is 11.8 Å². The van der Waals surface area contributed by atoms with Gasteiger partial charge in [-0.05, 0) is 39.5 Å². The van der Waals surface area contributed by atoms with Gasteiger partial charge in [-0.25, -0.2) is 0 Å². The molecule has 0 saturated heterocycles. The molecular formula is C12H18O2. The Hall–Kier alpha value is -0.810. The normalized spacial score (nSPS) is 17.0. The van der Waals surface area contributed by atoms with Crippen molar-refractivity contribution in [2.45, 2.75) is 51.6 Å². The van der Waals surface area contributed by atoms with Gasteiger partial charge in [-0.3, -0.25) is 4.79 Å². The highest BCUT2D eigenvalue weighted by molar-refractivity contribution is 5.87. The summed E-state index contributed by atoms with van der Waals surface area (Å²) in [6.45, 7) is 4.17. The summed E-state index contributed by atoms with van der Waals surface area (Å²) in [4.78, 5) is 11.1. The number of carbonyl (C=O) groups is 1. The second kappa shape index (κ2) is 5.17. The molecule has 2 heteroatoms. The van der Waals surface area contributed by atoms with E-state index in [0.29, 0.717) is 6.61 Å². The van der Waals surface area contributed by atoms with E-state index in [-0.39, 0.29) is 11.4 Å². The van der Waals surface area contributed by atoms with Gasteiger partial charge < -0.3 is 4.74 Å². The van der Waals surface area contributed by atoms with Crippen molar-refractivity contribution in [2.75, 3.05) is 6.61 Å². The summed E-state index contributed by atoms with van der Waals surface area (Å²) >= 11 is 0. The number of carbonyl (C=O) groups excluding carboxylic acids is 1. The molecule has 1 aliphatic rings. The molecule has 0 bridgehead atoms. The molecule has 78 valence electrons. The van der Waals surface area contributed by atoms with E-state index in [1.165, 1.54) is 0 Å². The first-order valence-corrected chi connectivity index (χ1v) is 5.26. The fourth-order valence-electron chi connectivity index (χ4n) is 1.42. The number of unbranched alkanes of at least 4 members (excludes halogenated alkanes) is 2. The molecule has 1 saturated carbocycles. The average molecular weight is 194 g/mol. The summed E-state index contributed by atoms with van der Waals surface area (Å²) in [5, 5.41) is 0. The summed E-state index contributed by atoms with van der Waals surface area (Å²) in [5.41, 5.74) is -0.379. The predicted molar refractivity (Wildman–Crippen MR) is 55.9 cm³/mol. The monoisotopic (exact) mass is 194 g/mol. The van der Waals surface area contributed by atoms with Crippen LogP contribution in [0.4, 0.5) is 0 Å². The Kier molecular flexibility index (Phi) is 4.16. The van der Waals surface area contributed by atoms with Crippen LogP contribution in [-0.4, -0.2) is 18.0 Å². The number of hydrogen-bond donors (Lipinski definition) is 0. The number of hydrogen-bond acceptors (Lipinski definition) is 2. The van der Waals surface area contributed by atoms with Crippen LogP contribution in [0.5, 0.6) is 0 Å². The van der Waals surface area contributed by atoms with Gasteiger partial charge in [0.25, 0.3) is 0 Å². The van der Waals surface area contributed by atoms with E-state index in [4.69, 9.17) is 4.74 Å². The van der Waals surface area contributed by atoms with Gasteiger partial charge in [-0.2, -0.15) is 0 Å². The second-order valence-electron chi connectivity index (χ2n) is 3.78. The minimum atomic E-state index is -0.379. The first kappa shape index (κ1) is 11.3. The topological polar surface area (TPSA) is 26.3 Å². The molecule has 0 spiro atoms. The molecule has 1 aliphatic carbocycles. The zero-order valence-corrected chi connectivity index (χ0v) is 9.06. The van der Waals surface area contributed by atoms with Gasteiger partial charge in [0, 0.05) is 13.0 Å². The number of ether oxygens (including phenoxy) is 1. The van der Waals surface area contributed by atoms with Crippen molar-refractivity contribution in [2.24, 2.45) is 0 Å². The smallest absolute Gasteiger partial charge is 0.161 e. The van der Waals surface area contributed by atoms with Crippen LogP contribution in [0.2, 0.25) is 0 Å². The molecule has 0 aromatic heterocycles. The van der Waals surface area contributed by atoms with E-state index in [0.717, 1.165) is 32.1 Å². The largest absolute Gasteiger partial charge is 0.367 e. The third-order valence-corrected chi connectivity index (χ3v) is 2.60. The van der Waals surface area contributed by atoms with Crippen molar-refractivity contribution in [1.82, 2.24) is 0 Å². The number of Topliss-reactive ketones (excluding diaryl/α,β-unsaturated/α-hetero) is 1. The Morgan fingerprint density at radius 2 is 2.14 bits per heavy atom. The molecule has 0 N–H and O–H groups in total. The van der Waals surface area contributed by atoms with Crippen molar-refractivity contribution >= 4 is 5.78 Å². The second-order valence-corrected chi connectivity index (χ2v) is 3.78. The Morgan fingerprint density at radius 3 is 2.64 bits per heavy atom. The molecule has 0 amide bonds. The molecular weight excluding hydrogens is 176 g/mol. The van der Waals surface area contributed by atoms with Crippen LogP contribution in [-0.2, 0) is 9.53 Å². The average Bonchev–Trinajstić information content (AvgIpc) is 2.92. The van der Waals surface area contributed by atoms with Gasteiger partial charge in [0.2, 0.25) is 0 Å². The molecule has 1 fully saturated rings. The molecule has 0 aromatic rings. The standard InChI is InChI=1S/C12H18O2/c1-3-4-5-6-7-10-14-12(8-9-12)11(2)13/h5-10H2,1-2H3. The van der Waals surface area contributed by atoms with Crippen LogP contribution >= 0.6 is 0 Å². The molecule has 0 atom stereocenters. The van der Waals surface area contributed by atoms with Crippen LogP contribution < -0.4 is 0 Å². The van der Waals surface area contributed by atoms with Crippen molar-refractivity contribution in [3.63, 3.8) is 0 Å². The summed E-state index contributed by atoms with van der Waals surface area (Å²) in [7, 11) is 0. The maximum atomic E-state index is 11.1. The lowest BCUT2D eigenvalue weighted by molar-refractivity contribution is -0.131. The van der Waals surface area contributed by atoms with Crippen LogP contribution in [0.3, 0.4) is 0 Å². The highest BCUT2D eigenvalue weighted by atomic mass is 16.5. The van der Waals surface area contributed by atoms with Crippen molar-refractivity contribution in [1.29, 1.82) is 0 Å². The zero-order valence-electron chi connectivity index (χ0n) is 9.06. The molecule has 1 rings (SSSR count). The lowest BCUT2D eigenvalue weighted by Gasteiger charge is -2.12. The third-order valence-electron chi connectivity index (χ3n) is 2.60. The van der Waals surface area contributed by atoms with E-state index >= 15 is 0 Å². The van der Waals surface area contributed by atoms with Crippen molar-refractivity contribution < 1.29 is 9.53 Å². The highest BCUT2D eigenvalue weighted by Crippen LogP contribution is 2.40. The van der Waals surface area contributed by atoms with Crippen LogP contribution in [0.15, 0.2) is 0 Å². The summed E-state index contributed by atoms with van der Waals surface area (Å²) in [5.74, 6) is 6.06. The van der Waals surface area contributed by atoms with E-state index in [2.05, 4.69) is 11.8 Å². The predicted octanol–water partition coefficient (Wildman–Crippen LogP) is 2.32. The van der Waals surface area contributed by atoms with Crippen LogP contribution in [0.25, 0.3) is 0 Å². The number of rotatable bonds is 6. The lowest BCUT2D eigenvalue weighted by Crippen LogP contribution is -2.23. The van der Waals surface area contributed by atoms with Crippen molar-refractivity contribution in [3.05, 3.63) is 0 Å². The van der Waals surface area contributed by atoms with E-state index in [1.54, 1.807) is 6.92 Å². The Bertz CT molecular complexity index is 253. The number of ketones is 1. The fraction of sp³-hybridized carbons (Fsp3) is 0.750. The summed E-state index contributed by atoms with van der Waals surface area (Å²) in [6, 6.07) is 0. The maximum Gasteiger partial charge on any atom is 0.161 e. The Labute approximate surface area is 86.0 Å². The summed E-state index contributed by atoms with van der Waals surface area (Å²) < 4.78 is 5.58. The minimum Gasteiger partial charge on any atom is -0.367 e. The maximum absolute atomic E-state index is 11.1. The first-order valence-electron chi connectivity index (χ1n) is 5.26. The van der Waals surface area contributed by atoms with Gasteiger partial charge in [0.05, 0.1) is 0 Å². The minimum absolute atomic E-state index is 0.186. The molecule has 0 aromatic carbocycles. The SMILES string of the molecule is CC#CCCCCOC1(C(C)=O)CC1. The third kappa shape index (κ3) is 3.16.